The first-order chi connectivity index (χ1) is 7.27. The first-order valence-electron chi connectivity index (χ1n) is 4.96. The summed E-state index contributed by atoms with van der Waals surface area (Å²) in [6.07, 6.45) is 6.52. The van der Waals surface area contributed by atoms with Crippen molar-refractivity contribution in [1.82, 2.24) is 10.4 Å². The molecule has 0 spiro atoms. The van der Waals surface area contributed by atoms with Crippen LogP contribution in [0.25, 0.3) is 0 Å². The molecule has 0 aliphatic carbocycles. The van der Waals surface area contributed by atoms with Gasteiger partial charge in [-0.2, -0.15) is 0 Å². The number of nitrogens with two attached hydrogens (primary N) is 1. The van der Waals surface area contributed by atoms with Gasteiger partial charge >= 0.3 is 0 Å². The van der Waals surface area contributed by atoms with E-state index in [1.807, 2.05) is 18.2 Å². The number of hydrazine groups is 1. The molecule has 1 rings (SSSR count). The Hall–Kier alpha value is -0.900. The summed E-state index contributed by atoms with van der Waals surface area (Å²) in [5.74, 6) is 5.48. The Morgan fingerprint density at radius 1 is 1.60 bits per heavy atom. The van der Waals surface area contributed by atoms with Crippen molar-refractivity contribution in [2.75, 3.05) is 0 Å². The summed E-state index contributed by atoms with van der Waals surface area (Å²) >= 11 is 5.76. The molecule has 82 valence electrons. The lowest BCUT2D eigenvalue weighted by atomic mass is 10.1. The largest absolute Gasteiger partial charge is 0.271 e. The normalized spacial score (nSPS) is 12.4. The second-order valence-corrected chi connectivity index (χ2v) is 3.78. The molecular weight excluding hydrogens is 210 g/mol. The molecule has 4 heteroatoms. The highest BCUT2D eigenvalue weighted by molar-refractivity contribution is 6.30. The first kappa shape index (κ1) is 12.2. The second kappa shape index (κ2) is 6.56. The topological polar surface area (TPSA) is 50.9 Å². The van der Waals surface area contributed by atoms with Gasteiger partial charge in [-0.1, -0.05) is 17.7 Å². The van der Waals surface area contributed by atoms with E-state index in [9.17, 15) is 0 Å². The lowest BCUT2D eigenvalue weighted by Gasteiger charge is -2.14. The van der Waals surface area contributed by atoms with Crippen molar-refractivity contribution < 1.29 is 0 Å². The number of rotatable bonds is 6. The molecule has 1 atom stereocenters. The molecule has 0 amide bonds. The van der Waals surface area contributed by atoms with E-state index in [1.54, 1.807) is 6.20 Å². The van der Waals surface area contributed by atoms with Crippen LogP contribution in [0.4, 0.5) is 0 Å². The summed E-state index contributed by atoms with van der Waals surface area (Å²) in [4.78, 5) is 4.23. The zero-order chi connectivity index (χ0) is 11.1. The summed E-state index contributed by atoms with van der Waals surface area (Å²) in [6, 6.07) is 3.80. The molecule has 3 N–H and O–H groups in total. The van der Waals surface area contributed by atoms with Crippen molar-refractivity contribution in [2.45, 2.75) is 25.3 Å². The number of nitrogens with zero attached hydrogens (tertiary/aromatic N) is 1. The van der Waals surface area contributed by atoms with E-state index < -0.39 is 0 Å². The van der Waals surface area contributed by atoms with Crippen LogP contribution in [0.5, 0.6) is 0 Å². The summed E-state index contributed by atoms with van der Waals surface area (Å²) in [6.45, 7) is 3.68. The minimum atomic E-state index is 0.0854. The minimum Gasteiger partial charge on any atom is -0.271 e. The van der Waals surface area contributed by atoms with Crippen molar-refractivity contribution >= 4 is 11.6 Å². The molecule has 1 aromatic rings. The highest BCUT2D eigenvalue weighted by atomic mass is 35.5. The first-order valence-corrected chi connectivity index (χ1v) is 5.34. The van der Waals surface area contributed by atoms with Crippen molar-refractivity contribution in [3.63, 3.8) is 0 Å². The molecule has 0 aromatic carbocycles. The van der Waals surface area contributed by atoms with Gasteiger partial charge in [-0.05, 0) is 31.4 Å². The lowest BCUT2D eigenvalue weighted by Crippen LogP contribution is -2.28. The number of hydrogen-bond donors (Lipinski definition) is 2. The molecule has 0 aliphatic rings. The van der Waals surface area contributed by atoms with Gasteiger partial charge in [0.25, 0.3) is 0 Å². The summed E-state index contributed by atoms with van der Waals surface area (Å²) in [5.41, 5.74) is 3.68. The van der Waals surface area contributed by atoms with Gasteiger partial charge in [-0.25, -0.2) is 0 Å². The SMILES string of the molecule is C=CCCCC(NN)c1ccc(Cl)cn1. The van der Waals surface area contributed by atoms with E-state index in [0.717, 1.165) is 25.0 Å². The van der Waals surface area contributed by atoms with Crippen LogP contribution in [0, 0.1) is 0 Å². The second-order valence-electron chi connectivity index (χ2n) is 3.34. The molecule has 0 fully saturated rings. The van der Waals surface area contributed by atoms with E-state index >= 15 is 0 Å². The van der Waals surface area contributed by atoms with E-state index in [4.69, 9.17) is 17.4 Å². The molecule has 0 bridgehead atoms. The quantitative estimate of drug-likeness (QED) is 0.339. The molecule has 15 heavy (non-hydrogen) atoms. The van der Waals surface area contributed by atoms with Gasteiger partial charge in [0.1, 0.15) is 0 Å². The molecule has 0 radical (unpaired) electrons. The predicted octanol–water partition coefficient (Wildman–Crippen LogP) is 2.60. The van der Waals surface area contributed by atoms with Crippen LogP contribution in [0.3, 0.4) is 0 Å². The maximum Gasteiger partial charge on any atom is 0.0632 e. The number of nitrogens with one attached hydrogen (secondary N) is 1. The number of hydrogen-bond acceptors (Lipinski definition) is 3. The van der Waals surface area contributed by atoms with Gasteiger partial charge in [0.05, 0.1) is 16.8 Å². The average Bonchev–Trinajstić information content (AvgIpc) is 2.26. The Bertz CT molecular complexity index is 297. The molecule has 0 saturated carbocycles. The third kappa shape index (κ3) is 4.00. The Morgan fingerprint density at radius 2 is 2.40 bits per heavy atom. The summed E-state index contributed by atoms with van der Waals surface area (Å²) in [7, 11) is 0. The van der Waals surface area contributed by atoms with Crippen LogP contribution in [0.15, 0.2) is 31.0 Å². The zero-order valence-corrected chi connectivity index (χ0v) is 9.37. The Labute approximate surface area is 95.3 Å². The maximum absolute atomic E-state index is 5.76. The van der Waals surface area contributed by atoms with Crippen molar-refractivity contribution in [1.29, 1.82) is 0 Å². The average molecular weight is 226 g/mol. The minimum absolute atomic E-state index is 0.0854. The lowest BCUT2D eigenvalue weighted by molar-refractivity contribution is 0.490. The van der Waals surface area contributed by atoms with E-state index in [1.165, 1.54) is 0 Å². The molecular formula is C11H16ClN3. The molecule has 1 aromatic heterocycles. The molecule has 0 saturated heterocycles. The van der Waals surface area contributed by atoms with Crippen LogP contribution in [0.2, 0.25) is 5.02 Å². The number of pyridine rings is 1. The molecule has 1 heterocycles. The fraction of sp³-hybridized carbons (Fsp3) is 0.364. The van der Waals surface area contributed by atoms with Gasteiger partial charge in [-0.15, -0.1) is 6.58 Å². The fourth-order valence-corrected chi connectivity index (χ4v) is 1.49. The third-order valence-electron chi connectivity index (χ3n) is 2.21. The van der Waals surface area contributed by atoms with E-state index in [2.05, 4.69) is 17.0 Å². The van der Waals surface area contributed by atoms with Crippen LogP contribution in [0.1, 0.15) is 31.0 Å². The number of aromatic nitrogens is 1. The van der Waals surface area contributed by atoms with Gasteiger partial charge < -0.3 is 0 Å². The summed E-state index contributed by atoms with van der Waals surface area (Å²) < 4.78 is 0. The Balaban J connectivity index is 2.57. The fourth-order valence-electron chi connectivity index (χ4n) is 1.38. The molecule has 1 unspecified atom stereocenters. The number of unbranched alkanes of at least 4 members (excludes halogenated alkanes) is 1. The molecule has 3 nitrogen and oxygen atoms in total. The predicted molar refractivity (Wildman–Crippen MR) is 63.4 cm³/mol. The summed E-state index contributed by atoms with van der Waals surface area (Å²) in [5, 5.41) is 0.639. The van der Waals surface area contributed by atoms with Crippen LogP contribution in [-0.4, -0.2) is 4.98 Å². The third-order valence-corrected chi connectivity index (χ3v) is 2.43. The highest BCUT2D eigenvalue weighted by Gasteiger charge is 2.09. The number of allylic oxidation sites excluding steroid dienone is 1. The van der Waals surface area contributed by atoms with Gasteiger partial charge in [-0.3, -0.25) is 16.3 Å². The number of halogens is 1. The smallest absolute Gasteiger partial charge is 0.0632 e. The van der Waals surface area contributed by atoms with E-state index in [-0.39, 0.29) is 6.04 Å². The van der Waals surface area contributed by atoms with Crippen LogP contribution < -0.4 is 11.3 Å². The monoisotopic (exact) mass is 225 g/mol. The molecule has 0 aliphatic heterocycles. The Morgan fingerprint density at radius 3 is 2.93 bits per heavy atom. The van der Waals surface area contributed by atoms with Crippen molar-refractivity contribution in [3.05, 3.63) is 41.7 Å². The van der Waals surface area contributed by atoms with Crippen LogP contribution in [-0.2, 0) is 0 Å². The van der Waals surface area contributed by atoms with Gasteiger partial charge in [0.2, 0.25) is 0 Å². The maximum atomic E-state index is 5.76. The highest BCUT2D eigenvalue weighted by Crippen LogP contribution is 2.18. The zero-order valence-electron chi connectivity index (χ0n) is 8.62. The van der Waals surface area contributed by atoms with E-state index in [0.29, 0.717) is 5.02 Å². The van der Waals surface area contributed by atoms with Gasteiger partial charge in [0, 0.05) is 6.20 Å². The van der Waals surface area contributed by atoms with Crippen LogP contribution >= 0.6 is 11.6 Å². The standard InChI is InChI=1S/C11H16ClN3/c1-2-3-4-5-11(15-13)10-7-6-9(12)8-14-10/h2,6-8,11,15H,1,3-5,13H2. The van der Waals surface area contributed by atoms with Crippen molar-refractivity contribution in [3.8, 4) is 0 Å². The van der Waals surface area contributed by atoms with Gasteiger partial charge in [0.15, 0.2) is 0 Å². The Kier molecular flexibility index (Phi) is 5.32. The van der Waals surface area contributed by atoms with Crippen molar-refractivity contribution in [2.24, 2.45) is 5.84 Å².